The summed E-state index contributed by atoms with van der Waals surface area (Å²) >= 11 is 0. The fourth-order valence-electron chi connectivity index (χ4n) is 2.83. The van der Waals surface area contributed by atoms with Crippen LogP contribution in [0.1, 0.15) is 16.7 Å². The Morgan fingerprint density at radius 3 is 2.72 bits per heavy atom. The number of ether oxygens (including phenoxy) is 3. The molecular formula is C21H18N2O6. The minimum atomic E-state index is -0.664. The minimum absolute atomic E-state index is 0.0129. The molecule has 0 saturated carbocycles. The van der Waals surface area contributed by atoms with Crippen LogP contribution in [0.3, 0.4) is 0 Å². The second kappa shape index (κ2) is 8.39. The smallest absolute Gasteiger partial charge is 0.363 e. The predicted molar refractivity (Wildman–Crippen MR) is 107 cm³/mol. The maximum Gasteiger partial charge on any atom is 0.363 e. The minimum Gasteiger partial charge on any atom is -0.493 e. The molecule has 148 valence electrons. The Morgan fingerprint density at radius 1 is 1.28 bits per heavy atom. The molecule has 0 aromatic heterocycles. The molecule has 8 heteroatoms. The van der Waals surface area contributed by atoms with Gasteiger partial charge in [-0.25, -0.2) is 9.79 Å². The Balaban J connectivity index is 2.03. The Bertz CT molecular complexity index is 1060. The zero-order valence-corrected chi connectivity index (χ0v) is 15.9. The van der Waals surface area contributed by atoms with Crippen LogP contribution in [-0.4, -0.2) is 30.5 Å². The second-order valence-corrected chi connectivity index (χ2v) is 6.02. The van der Waals surface area contributed by atoms with Crippen molar-refractivity contribution >= 4 is 23.6 Å². The van der Waals surface area contributed by atoms with Crippen LogP contribution in [0.2, 0.25) is 0 Å². The molecule has 3 rings (SSSR count). The van der Waals surface area contributed by atoms with Gasteiger partial charge in [0.15, 0.2) is 17.2 Å². The topological polar surface area (TPSA) is 100 Å². The lowest BCUT2D eigenvalue weighted by Crippen LogP contribution is -2.08. The first kappa shape index (κ1) is 19.8. The van der Waals surface area contributed by atoms with E-state index in [-0.39, 0.29) is 23.9 Å². The van der Waals surface area contributed by atoms with Gasteiger partial charge in [-0.15, -0.1) is 0 Å². The van der Waals surface area contributed by atoms with Gasteiger partial charge in [0.05, 0.1) is 12.0 Å². The number of aliphatic imine (C=N–C) groups is 1. The van der Waals surface area contributed by atoms with E-state index < -0.39 is 10.9 Å². The summed E-state index contributed by atoms with van der Waals surface area (Å²) in [7, 11) is 1.51. The molecule has 2 aromatic rings. The number of para-hydroxylation sites is 1. The molecule has 1 heterocycles. The molecule has 2 aromatic carbocycles. The molecule has 0 bridgehead atoms. The highest BCUT2D eigenvalue weighted by Gasteiger charge is 2.28. The van der Waals surface area contributed by atoms with Crippen LogP contribution in [0.25, 0.3) is 6.08 Å². The van der Waals surface area contributed by atoms with Crippen molar-refractivity contribution in [2.75, 3.05) is 13.7 Å². The van der Waals surface area contributed by atoms with Crippen LogP contribution in [0.4, 0.5) is 5.69 Å². The number of nitrogens with zero attached hydrogens (tertiary/aromatic N) is 2. The van der Waals surface area contributed by atoms with Crippen LogP contribution >= 0.6 is 0 Å². The lowest BCUT2D eigenvalue weighted by molar-refractivity contribution is -0.385. The van der Waals surface area contributed by atoms with E-state index >= 15 is 0 Å². The van der Waals surface area contributed by atoms with Gasteiger partial charge in [-0.2, -0.15) is 0 Å². The van der Waals surface area contributed by atoms with E-state index in [2.05, 4.69) is 11.6 Å². The first-order chi connectivity index (χ1) is 14.0. The molecule has 0 amide bonds. The molecular weight excluding hydrogens is 376 g/mol. The van der Waals surface area contributed by atoms with E-state index in [4.69, 9.17) is 14.2 Å². The number of hydrogen-bond acceptors (Lipinski definition) is 7. The number of methoxy groups -OCH3 is 1. The van der Waals surface area contributed by atoms with Crippen LogP contribution in [0, 0.1) is 17.0 Å². The predicted octanol–water partition coefficient (Wildman–Crippen LogP) is 3.82. The lowest BCUT2D eigenvalue weighted by atomic mass is 10.1. The summed E-state index contributed by atoms with van der Waals surface area (Å²) in [5.74, 6) is 0.277. The van der Waals surface area contributed by atoms with Crippen molar-refractivity contribution in [3.63, 3.8) is 0 Å². The summed E-state index contributed by atoms with van der Waals surface area (Å²) in [6.07, 6.45) is 3.11. The van der Waals surface area contributed by atoms with Gasteiger partial charge < -0.3 is 14.2 Å². The van der Waals surface area contributed by atoms with Crippen LogP contribution in [0.15, 0.2) is 59.7 Å². The van der Waals surface area contributed by atoms with Gasteiger partial charge in [-0.05, 0) is 25.1 Å². The third kappa shape index (κ3) is 4.01. The van der Waals surface area contributed by atoms with Gasteiger partial charge in [-0.3, -0.25) is 10.1 Å². The fraction of sp³-hybridized carbons (Fsp3) is 0.143. The van der Waals surface area contributed by atoms with Crippen molar-refractivity contribution in [3.8, 4) is 11.5 Å². The normalized spacial score (nSPS) is 14.3. The van der Waals surface area contributed by atoms with Gasteiger partial charge in [0.2, 0.25) is 5.90 Å². The molecule has 1 aliphatic heterocycles. The second-order valence-electron chi connectivity index (χ2n) is 6.02. The summed E-state index contributed by atoms with van der Waals surface area (Å²) in [6.45, 7) is 5.45. The maximum atomic E-state index is 12.3. The highest BCUT2D eigenvalue weighted by atomic mass is 16.6. The van der Waals surface area contributed by atoms with Crippen molar-refractivity contribution in [3.05, 3.63) is 81.6 Å². The molecule has 0 N–H and O–H groups in total. The Morgan fingerprint density at radius 2 is 2.03 bits per heavy atom. The first-order valence-corrected chi connectivity index (χ1v) is 8.64. The maximum absolute atomic E-state index is 12.3. The number of esters is 1. The molecule has 0 unspecified atom stereocenters. The molecule has 29 heavy (non-hydrogen) atoms. The zero-order valence-electron chi connectivity index (χ0n) is 15.9. The molecule has 0 aliphatic carbocycles. The standard InChI is InChI=1S/C21H18N2O6/c1-4-11-28-19-14(7-5-10-18(19)27-3)12-16-21(24)29-20(22-16)15-8-6-9-17(13(15)2)23(25)26/h4-10,12H,1,11H2,2-3H3/b16-12-. The van der Waals surface area contributed by atoms with Crippen molar-refractivity contribution in [1.82, 2.24) is 0 Å². The molecule has 0 fully saturated rings. The van der Waals surface area contributed by atoms with E-state index in [1.165, 1.54) is 25.3 Å². The molecule has 8 nitrogen and oxygen atoms in total. The molecule has 0 spiro atoms. The van der Waals surface area contributed by atoms with Gasteiger partial charge in [0.25, 0.3) is 5.69 Å². The van der Waals surface area contributed by atoms with Crippen LogP contribution in [0.5, 0.6) is 11.5 Å². The lowest BCUT2D eigenvalue weighted by Gasteiger charge is -2.12. The molecule has 0 saturated heterocycles. The Hall–Kier alpha value is -3.94. The Labute approximate surface area is 166 Å². The third-order valence-electron chi connectivity index (χ3n) is 4.22. The number of carbonyl (C=O) groups is 1. The van der Waals surface area contributed by atoms with Crippen molar-refractivity contribution in [1.29, 1.82) is 0 Å². The largest absolute Gasteiger partial charge is 0.493 e. The van der Waals surface area contributed by atoms with Gasteiger partial charge >= 0.3 is 5.97 Å². The average Bonchev–Trinajstić information content (AvgIpc) is 3.06. The molecule has 0 atom stereocenters. The van der Waals surface area contributed by atoms with Gasteiger partial charge in [0, 0.05) is 22.8 Å². The highest BCUT2D eigenvalue weighted by molar-refractivity contribution is 6.13. The van der Waals surface area contributed by atoms with Crippen molar-refractivity contribution < 1.29 is 23.9 Å². The Kier molecular flexibility index (Phi) is 5.73. The van der Waals surface area contributed by atoms with E-state index in [0.29, 0.717) is 28.2 Å². The first-order valence-electron chi connectivity index (χ1n) is 8.64. The van der Waals surface area contributed by atoms with Crippen LogP contribution < -0.4 is 9.47 Å². The summed E-state index contributed by atoms with van der Waals surface area (Å²) in [6, 6.07) is 9.74. The van der Waals surface area contributed by atoms with Gasteiger partial charge in [-0.1, -0.05) is 30.9 Å². The summed E-state index contributed by atoms with van der Waals surface area (Å²) in [5, 5.41) is 11.2. The van der Waals surface area contributed by atoms with Crippen molar-refractivity contribution in [2.45, 2.75) is 6.92 Å². The van der Waals surface area contributed by atoms with E-state index in [1.54, 1.807) is 37.3 Å². The van der Waals surface area contributed by atoms with E-state index in [1.807, 2.05) is 0 Å². The number of cyclic esters (lactones) is 1. The number of carbonyl (C=O) groups excluding carboxylic acids is 1. The summed E-state index contributed by atoms with van der Waals surface area (Å²) in [5.41, 5.74) is 1.28. The van der Waals surface area contributed by atoms with Crippen LogP contribution in [-0.2, 0) is 9.53 Å². The van der Waals surface area contributed by atoms with Crippen molar-refractivity contribution in [2.24, 2.45) is 4.99 Å². The highest BCUT2D eigenvalue weighted by Crippen LogP contribution is 2.34. The summed E-state index contributed by atoms with van der Waals surface area (Å²) < 4.78 is 16.2. The van der Waals surface area contributed by atoms with E-state index in [9.17, 15) is 14.9 Å². The number of rotatable bonds is 7. The number of nitro benzene ring substituents is 1. The molecule has 1 aliphatic rings. The quantitative estimate of drug-likeness (QED) is 0.233. The summed E-state index contributed by atoms with van der Waals surface area (Å²) in [4.78, 5) is 27.2. The average molecular weight is 394 g/mol. The number of benzene rings is 2. The fourth-order valence-corrected chi connectivity index (χ4v) is 2.83. The number of nitro groups is 1. The SMILES string of the molecule is C=CCOc1c(/C=C2\N=C(c3cccc([N+](=O)[O-])c3C)OC2=O)cccc1OC. The third-order valence-corrected chi connectivity index (χ3v) is 4.22. The van der Waals surface area contributed by atoms with Gasteiger partial charge in [0.1, 0.15) is 6.61 Å². The monoisotopic (exact) mass is 394 g/mol. The molecule has 0 radical (unpaired) electrons. The zero-order chi connectivity index (χ0) is 21.0. The number of hydrogen-bond donors (Lipinski definition) is 0. The van der Waals surface area contributed by atoms with E-state index in [0.717, 1.165) is 0 Å².